The smallest absolute Gasteiger partial charge is 0.225 e. The zero-order valence-electron chi connectivity index (χ0n) is 14.3. The molecule has 0 radical (unpaired) electrons. The monoisotopic (exact) mass is 327 g/mol. The number of fused-ring (bicyclic) bond motifs is 1. The van der Waals surface area contributed by atoms with Crippen molar-refractivity contribution < 1.29 is 0 Å². The molecule has 1 N–H and O–H groups in total. The van der Waals surface area contributed by atoms with Crippen LogP contribution in [0.2, 0.25) is 0 Å². The van der Waals surface area contributed by atoms with Gasteiger partial charge in [-0.15, -0.1) is 10.2 Å². The highest BCUT2D eigenvalue weighted by Crippen LogP contribution is 2.17. The van der Waals surface area contributed by atoms with Crippen molar-refractivity contribution in [3.63, 3.8) is 0 Å². The van der Waals surface area contributed by atoms with Crippen molar-refractivity contribution in [2.45, 2.75) is 58.2 Å². The highest BCUT2D eigenvalue weighted by molar-refractivity contribution is 5.30. The first-order valence-corrected chi connectivity index (χ1v) is 9.03. The molecule has 24 heavy (non-hydrogen) atoms. The zero-order chi connectivity index (χ0) is 16.4. The second-order valence-corrected chi connectivity index (χ2v) is 6.70. The van der Waals surface area contributed by atoms with Gasteiger partial charge >= 0.3 is 0 Å². The van der Waals surface area contributed by atoms with Crippen molar-refractivity contribution in [2.75, 3.05) is 18.0 Å². The third kappa shape index (κ3) is 3.13. The molecule has 0 unspecified atom stereocenters. The van der Waals surface area contributed by atoms with E-state index in [-0.39, 0.29) is 0 Å². The molecule has 2 aliphatic heterocycles. The Labute approximate surface area is 142 Å². The lowest BCUT2D eigenvalue weighted by molar-refractivity contribution is 0.373. The number of aromatic nitrogens is 5. The molecule has 7 nitrogen and oxygen atoms in total. The van der Waals surface area contributed by atoms with Crippen molar-refractivity contribution in [1.29, 1.82) is 0 Å². The van der Waals surface area contributed by atoms with Gasteiger partial charge in [0.15, 0.2) is 0 Å². The van der Waals surface area contributed by atoms with Gasteiger partial charge in [0, 0.05) is 63.0 Å². The number of rotatable bonds is 5. The maximum absolute atomic E-state index is 4.53. The number of nitrogens with zero attached hydrogens (tertiary/aromatic N) is 6. The zero-order valence-corrected chi connectivity index (χ0v) is 14.3. The quantitative estimate of drug-likeness (QED) is 0.893. The Kier molecular flexibility index (Phi) is 4.42. The first-order chi connectivity index (χ1) is 11.8. The normalized spacial score (nSPS) is 20.4. The highest BCUT2D eigenvalue weighted by Gasteiger charge is 2.22. The molecular weight excluding hydrogens is 302 g/mol. The highest BCUT2D eigenvalue weighted by atomic mass is 15.3. The molecule has 4 heterocycles. The lowest BCUT2D eigenvalue weighted by Gasteiger charge is -2.25. The minimum absolute atomic E-state index is 0.456. The SMILES string of the molecule is CCc1nnc2n1C[C@@H](NCc1cnc(N3CCCC3)nc1)CC2. The maximum atomic E-state index is 4.53. The minimum atomic E-state index is 0.456. The van der Waals surface area contributed by atoms with Crippen molar-refractivity contribution in [2.24, 2.45) is 0 Å². The standard InChI is InChI=1S/C17H25N7/c1-2-15-21-22-16-6-5-14(12-24(15)16)18-9-13-10-19-17(20-11-13)23-7-3-4-8-23/h10-11,14,18H,2-9,12H2,1H3/t14-/m0/s1. The van der Waals surface area contributed by atoms with Crippen molar-refractivity contribution >= 4 is 5.95 Å². The molecule has 1 fully saturated rings. The van der Waals surface area contributed by atoms with Crippen LogP contribution < -0.4 is 10.2 Å². The molecule has 2 aliphatic rings. The molecule has 1 atom stereocenters. The van der Waals surface area contributed by atoms with E-state index < -0.39 is 0 Å². The van der Waals surface area contributed by atoms with E-state index in [1.165, 1.54) is 12.8 Å². The number of hydrogen-bond acceptors (Lipinski definition) is 6. The maximum Gasteiger partial charge on any atom is 0.225 e. The fourth-order valence-electron chi connectivity index (χ4n) is 3.59. The molecule has 0 aromatic carbocycles. The van der Waals surface area contributed by atoms with Gasteiger partial charge in [0.05, 0.1) is 0 Å². The Morgan fingerprint density at radius 1 is 1.17 bits per heavy atom. The molecule has 0 spiro atoms. The summed E-state index contributed by atoms with van der Waals surface area (Å²) in [6.45, 7) is 6.07. The summed E-state index contributed by atoms with van der Waals surface area (Å²) >= 11 is 0. The third-order valence-electron chi connectivity index (χ3n) is 5.02. The van der Waals surface area contributed by atoms with Gasteiger partial charge in [-0.2, -0.15) is 0 Å². The van der Waals surface area contributed by atoms with E-state index in [1.54, 1.807) is 0 Å². The first-order valence-electron chi connectivity index (χ1n) is 9.03. The molecule has 1 saturated heterocycles. The van der Waals surface area contributed by atoms with E-state index >= 15 is 0 Å². The predicted molar refractivity (Wildman–Crippen MR) is 91.8 cm³/mol. The predicted octanol–water partition coefficient (Wildman–Crippen LogP) is 1.34. The van der Waals surface area contributed by atoms with E-state index in [0.717, 1.165) is 68.6 Å². The second-order valence-electron chi connectivity index (χ2n) is 6.70. The molecule has 4 rings (SSSR count). The van der Waals surface area contributed by atoms with Gasteiger partial charge in [0.25, 0.3) is 0 Å². The van der Waals surface area contributed by atoms with Gasteiger partial charge in [-0.1, -0.05) is 6.92 Å². The van der Waals surface area contributed by atoms with Gasteiger partial charge < -0.3 is 14.8 Å². The molecule has 128 valence electrons. The summed E-state index contributed by atoms with van der Waals surface area (Å²) in [5.41, 5.74) is 1.14. The summed E-state index contributed by atoms with van der Waals surface area (Å²) in [4.78, 5) is 11.3. The average molecular weight is 327 g/mol. The van der Waals surface area contributed by atoms with Gasteiger partial charge in [0.2, 0.25) is 5.95 Å². The molecule has 0 amide bonds. The molecule has 0 aliphatic carbocycles. The van der Waals surface area contributed by atoms with Crippen LogP contribution >= 0.6 is 0 Å². The Bertz CT molecular complexity index is 659. The lowest BCUT2D eigenvalue weighted by Crippen LogP contribution is -2.37. The minimum Gasteiger partial charge on any atom is -0.341 e. The summed E-state index contributed by atoms with van der Waals surface area (Å²) < 4.78 is 2.27. The van der Waals surface area contributed by atoms with Gasteiger partial charge in [-0.25, -0.2) is 9.97 Å². The Morgan fingerprint density at radius 2 is 1.96 bits per heavy atom. The molecular formula is C17H25N7. The summed E-state index contributed by atoms with van der Waals surface area (Å²) in [5, 5.41) is 12.2. The van der Waals surface area contributed by atoms with Crippen LogP contribution in [-0.2, 0) is 25.9 Å². The van der Waals surface area contributed by atoms with E-state index in [4.69, 9.17) is 0 Å². The van der Waals surface area contributed by atoms with Crippen LogP contribution in [0.25, 0.3) is 0 Å². The Morgan fingerprint density at radius 3 is 2.71 bits per heavy atom. The van der Waals surface area contributed by atoms with Crippen LogP contribution in [0.15, 0.2) is 12.4 Å². The fourth-order valence-corrected chi connectivity index (χ4v) is 3.59. The third-order valence-corrected chi connectivity index (χ3v) is 5.02. The average Bonchev–Trinajstić information content (AvgIpc) is 3.29. The first kappa shape index (κ1) is 15.5. The van der Waals surface area contributed by atoms with Crippen molar-refractivity contribution in [1.82, 2.24) is 30.0 Å². The largest absolute Gasteiger partial charge is 0.341 e. The molecule has 2 aromatic heterocycles. The Hall–Kier alpha value is -2.02. The van der Waals surface area contributed by atoms with Crippen LogP contribution in [-0.4, -0.2) is 43.9 Å². The number of anilines is 1. The second kappa shape index (κ2) is 6.84. The van der Waals surface area contributed by atoms with Crippen molar-refractivity contribution in [3.05, 3.63) is 29.6 Å². The van der Waals surface area contributed by atoms with E-state index in [1.807, 2.05) is 12.4 Å². The van der Waals surface area contributed by atoms with Crippen LogP contribution in [0.3, 0.4) is 0 Å². The van der Waals surface area contributed by atoms with Crippen LogP contribution in [0.5, 0.6) is 0 Å². The molecule has 2 aromatic rings. The van der Waals surface area contributed by atoms with Gasteiger partial charge in [0.1, 0.15) is 11.6 Å². The van der Waals surface area contributed by atoms with E-state index in [0.29, 0.717) is 6.04 Å². The van der Waals surface area contributed by atoms with Gasteiger partial charge in [-0.05, 0) is 19.3 Å². The summed E-state index contributed by atoms with van der Waals surface area (Å²) in [7, 11) is 0. The van der Waals surface area contributed by atoms with Crippen LogP contribution in [0, 0.1) is 0 Å². The Balaban J connectivity index is 1.34. The summed E-state index contributed by atoms with van der Waals surface area (Å²) in [6, 6.07) is 0.456. The lowest BCUT2D eigenvalue weighted by atomic mass is 10.1. The number of hydrogen-bond donors (Lipinski definition) is 1. The van der Waals surface area contributed by atoms with E-state index in [9.17, 15) is 0 Å². The number of aryl methyl sites for hydroxylation is 2. The molecule has 0 saturated carbocycles. The molecule has 7 heteroatoms. The number of nitrogens with one attached hydrogen (secondary N) is 1. The summed E-state index contributed by atoms with van der Waals surface area (Å²) in [6.07, 6.45) is 9.45. The van der Waals surface area contributed by atoms with Crippen LogP contribution in [0.4, 0.5) is 5.95 Å². The topological polar surface area (TPSA) is 71.8 Å². The van der Waals surface area contributed by atoms with Crippen LogP contribution in [0.1, 0.15) is 43.4 Å². The van der Waals surface area contributed by atoms with Crippen molar-refractivity contribution in [3.8, 4) is 0 Å². The fraction of sp³-hybridized carbons (Fsp3) is 0.647. The van der Waals surface area contributed by atoms with Gasteiger partial charge in [-0.3, -0.25) is 0 Å². The summed E-state index contributed by atoms with van der Waals surface area (Å²) in [5.74, 6) is 3.09. The molecule has 0 bridgehead atoms. The van der Waals surface area contributed by atoms with E-state index in [2.05, 4.69) is 41.9 Å².